The van der Waals surface area contributed by atoms with Crippen molar-refractivity contribution < 1.29 is 14.7 Å². The third-order valence-electron chi connectivity index (χ3n) is 3.91. The number of aryl methyl sites for hydroxylation is 2. The highest BCUT2D eigenvalue weighted by Gasteiger charge is 2.34. The minimum absolute atomic E-state index is 0.0760. The number of hydrogen-bond acceptors (Lipinski definition) is 3. The van der Waals surface area contributed by atoms with Crippen LogP contribution in [0, 0.1) is 5.92 Å². The van der Waals surface area contributed by atoms with Gasteiger partial charge in [0.15, 0.2) is 0 Å². The molecule has 0 aromatic carbocycles. The minimum Gasteiger partial charge on any atom is -0.481 e. The van der Waals surface area contributed by atoms with Gasteiger partial charge >= 0.3 is 5.97 Å². The molecule has 1 aromatic rings. The van der Waals surface area contributed by atoms with E-state index in [9.17, 15) is 9.59 Å². The van der Waals surface area contributed by atoms with E-state index in [1.807, 2.05) is 6.20 Å². The fourth-order valence-electron chi connectivity index (χ4n) is 2.87. The van der Waals surface area contributed by atoms with Gasteiger partial charge in [0.25, 0.3) is 0 Å². The van der Waals surface area contributed by atoms with Gasteiger partial charge in [0, 0.05) is 31.4 Å². The van der Waals surface area contributed by atoms with Gasteiger partial charge < -0.3 is 10.0 Å². The summed E-state index contributed by atoms with van der Waals surface area (Å²) in [5.41, 5.74) is 3.44. The highest BCUT2D eigenvalue weighted by atomic mass is 16.4. The first kappa shape index (κ1) is 12.1. The van der Waals surface area contributed by atoms with Crippen LogP contribution in [0.2, 0.25) is 0 Å². The normalized spacial score (nSPS) is 21.8. The maximum Gasteiger partial charge on any atom is 0.308 e. The Bertz CT molecular complexity index is 541. The summed E-state index contributed by atoms with van der Waals surface area (Å²) in [5.74, 6) is -1.52. The van der Waals surface area contributed by atoms with Crippen molar-refractivity contribution in [1.29, 1.82) is 0 Å². The molecule has 2 aliphatic rings. The molecule has 100 valence electrons. The minimum atomic E-state index is -0.886. The van der Waals surface area contributed by atoms with Crippen molar-refractivity contribution in [1.82, 2.24) is 9.88 Å². The molecule has 1 atom stereocenters. The Balaban J connectivity index is 1.72. The fraction of sp³-hybridized carbons (Fsp3) is 0.500. The maximum absolute atomic E-state index is 11.8. The molecule has 0 bridgehead atoms. The summed E-state index contributed by atoms with van der Waals surface area (Å²) in [6.07, 6.45) is 5.18. The number of nitrogens with zero attached hydrogens (tertiary/aromatic N) is 2. The Morgan fingerprint density at radius 1 is 1.47 bits per heavy atom. The Hall–Kier alpha value is -1.91. The van der Waals surface area contributed by atoms with E-state index in [4.69, 9.17) is 5.11 Å². The van der Waals surface area contributed by atoms with Crippen LogP contribution in [0.1, 0.15) is 29.7 Å². The van der Waals surface area contributed by atoms with Gasteiger partial charge in [-0.2, -0.15) is 0 Å². The second kappa shape index (κ2) is 4.64. The second-order valence-corrected chi connectivity index (χ2v) is 5.32. The van der Waals surface area contributed by atoms with Crippen molar-refractivity contribution in [2.45, 2.75) is 32.2 Å². The molecule has 0 radical (unpaired) electrons. The largest absolute Gasteiger partial charge is 0.481 e. The van der Waals surface area contributed by atoms with Crippen LogP contribution in [0.15, 0.2) is 12.3 Å². The number of fused-ring (bicyclic) bond motifs is 1. The highest BCUT2D eigenvalue weighted by Crippen LogP contribution is 2.23. The summed E-state index contributed by atoms with van der Waals surface area (Å²) in [4.78, 5) is 28.7. The zero-order valence-electron chi connectivity index (χ0n) is 10.6. The lowest BCUT2D eigenvalue weighted by molar-refractivity contribution is -0.141. The number of aliphatic carboxylic acids is 1. The predicted molar refractivity (Wildman–Crippen MR) is 67.4 cm³/mol. The number of amides is 1. The maximum atomic E-state index is 11.8. The van der Waals surface area contributed by atoms with Gasteiger partial charge in [-0.05, 0) is 30.4 Å². The molecule has 1 N–H and O–H groups in total. The number of hydrogen-bond donors (Lipinski definition) is 1. The molecule has 0 spiro atoms. The van der Waals surface area contributed by atoms with E-state index >= 15 is 0 Å². The molecule has 19 heavy (non-hydrogen) atoms. The molecule has 2 heterocycles. The molecule has 1 aliphatic heterocycles. The molecule has 1 saturated heterocycles. The Morgan fingerprint density at radius 3 is 3.05 bits per heavy atom. The summed E-state index contributed by atoms with van der Waals surface area (Å²) in [5, 5.41) is 8.95. The van der Waals surface area contributed by atoms with Crippen LogP contribution in [0.3, 0.4) is 0 Å². The smallest absolute Gasteiger partial charge is 0.308 e. The lowest BCUT2D eigenvalue weighted by Crippen LogP contribution is -2.25. The van der Waals surface area contributed by atoms with Crippen LogP contribution >= 0.6 is 0 Å². The fourth-order valence-corrected chi connectivity index (χ4v) is 2.87. The van der Waals surface area contributed by atoms with Gasteiger partial charge in [0.2, 0.25) is 5.91 Å². The number of rotatable bonds is 3. The van der Waals surface area contributed by atoms with Gasteiger partial charge in [-0.25, -0.2) is 0 Å². The van der Waals surface area contributed by atoms with Crippen LogP contribution < -0.4 is 0 Å². The molecule has 1 amide bonds. The number of likely N-dealkylation sites (tertiary alicyclic amines) is 1. The number of carboxylic acid groups (broad SMARTS) is 1. The molecular formula is C14H16N2O3. The van der Waals surface area contributed by atoms with Crippen LogP contribution in [0.5, 0.6) is 0 Å². The summed E-state index contributed by atoms with van der Waals surface area (Å²) in [6, 6.07) is 2.11. The van der Waals surface area contributed by atoms with Crippen LogP contribution in [0.4, 0.5) is 0 Å². The van der Waals surface area contributed by atoms with Gasteiger partial charge in [-0.15, -0.1) is 0 Å². The first-order chi connectivity index (χ1) is 9.13. The van der Waals surface area contributed by atoms with Crippen LogP contribution in [0.25, 0.3) is 0 Å². The average molecular weight is 260 g/mol. The van der Waals surface area contributed by atoms with Crippen molar-refractivity contribution >= 4 is 11.9 Å². The Kier molecular flexibility index (Phi) is 2.97. The van der Waals surface area contributed by atoms with E-state index in [2.05, 4.69) is 11.1 Å². The zero-order chi connectivity index (χ0) is 13.4. The quantitative estimate of drug-likeness (QED) is 0.880. The molecule has 5 nitrogen and oxygen atoms in total. The predicted octanol–water partition coefficient (Wildman–Crippen LogP) is 1.00. The highest BCUT2D eigenvalue weighted by molar-refractivity contribution is 5.86. The number of aromatic nitrogens is 1. The van der Waals surface area contributed by atoms with E-state index in [-0.39, 0.29) is 12.3 Å². The van der Waals surface area contributed by atoms with E-state index in [0.717, 1.165) is 24.8 Å². The molecule has 1 fully saturated rings. The van der Waals surface area contributed by atoms with Gasteiger partial charge in [0.05, 0.1) is 5.92 Å². The molecule has 1 aliphatic carbocycles. The first-order valence-electron chi connectivity index (χ1n) is 6.61. The summed E-state index contributed by atoms with van der Waals surface area (Å²) < 4.78 is 0. The Labute approximate surface area is 111 Å². The van der Waals surface area contributed by atoms with Crippen LogP contribution in [-0.2, 0) is 29.0 Å². The SMILES string of the molecule is O=C(O)[C@@H]1CC(=O)N(Cc2cnc3c(c2)CCC3)C1. The third-order valence-corrected chi connectivity index (χ3v) is 3.91. The average Bonchev–Trinajstić information content (AvgIpc) is 2.96. The summed E-state index contributed by atoms with van der Waals surface area (Å²) in [6.45, 7) is 0.786. The van der Waals surface area contributed by atoms with E-state index in [1.54, 1.807) is 4.90 Å². The van der Waals surface area contributed by atoms with E-state index in [1.165, 1.54) is 11.3 Å². The zero-order valence-corrected chi connectivity index (χ0v) is 10.6. The standard InChI is InChI=1S/C14H16N2O3/c17-13-5-11(14(18)19)8-16(13)7-9-4-10-2-1-3-12(10)15-6-9/h4,6,11H,1-3,5,7-8H2,(H,18,19)/t11-/m1/s1. The van der Waals surface area contributed by atoms with Gasteiger partial charge in [0.1, 0.15) is 0 Å². The molecule has 1 aromatic heterocycles. The lowest BCUT2D eigenvalue weighted by atomic mass is 10.1. The molecule has 0 unspecified atom stereocenters. The van der Waals surface area contributed by atoms with Crippen molar-refractivity contribution in [3.63, 3.8) is 0 Å². The number of carbonyl (C=O) groups is 2. The van der Waals surface area contributed by atoms with Crippen molar-refractivity contribution in [2.24, 2.45) is 5.92 Å². The van der Waals surface area contributed by atoms with Crippen LogP contribution in [-0.4, -0.2) is 33.4 Å². The van der Waals surface area contributed by atoms with E-state index < -0.39 is 11.9 Å². The topological polar surface area (TPSA) is 70.5 Å². The van der Waals surface area contributed by atoms with Crippen molar-refractivity contribution in [3.8, 4) is 0 Å². The number of carboxylic acids is 1. The van der Waals surface area contributed by atoms with Gasteiger partial charge in [-0.1, -0.05) is 6.07 Å². The lowest BCUT2D eigenvalue weighted by Gasteiger charge is -2.16. The number of carbonyl (C=O) groups excluding carboxylic acids is 1. The first-order valence-corrected chi connectivity index (χ1v) is 6.61. The second-order valence-electron chi connectivity index (χ2n) is 5.32. The third kappa shape index (κ3) is 2.32. The molecule has 5 heteroatoms. The monoisotopic (exact) mass is 260 g/mol. The van der Waals surface area contributed by atoms with Gasteiger partial charge in [-0.3, -0.25) is 14.6 Å². The molecule has 0 saturated carbocycles. The summed E-state index contributed by atoms with van der Waals surface area (Å²) in [7, 11) is 0. The number of pyridine rings is 1. The van der Waals surface area contributed by atoms with E-state index in [0.29, 0.717) is 13.1 Å². The Morgan fingerprint density at radius 2 is 2.32 bits per heavy atom. The van der Waals surface area contributed by atoms with Crippen molar-refractivity contribution in [3.05, 3.63) is 29.1 Å². The van der Waals surface area contributed by atoms with Crippen molar-refractivity contribution in [2.75, 3.05) is 6.54 Å². The molecule has 3 rings (SSSR count). The summed E-state index contributed by atoms with van der Waals surface area (Å²) >= 11 is 0. The molecular weight excluding hydrogens is 244 g/mol.